The van der Waals surface area contributed by atoms with Gasteiger partial charge in [-0.1, -0.05) is 40.2 Å². The molecule has 3 aromatic carbocycles. The second kappa shape index (κ2) is 12.6. The molecule has 0 aliphatic rings. The highest BCUT2D eigenvalue weighted by atomic mass is 79.9. The van der Waals surface area contributed by atoms with E-state index in [0.717, 1.165) is 33.1 Å². The van der Waals surface area contributed by atoms with Gasteiger partial charge in [0.2, 0.25) is 5.91 Å². The lowest BCUT2D eigenvalue weighted by atomic mass is 9.85. The number of aromatic nitrogens is 1. The second-order valence-corrected chi connectivity index (χ2v) is 10.6. The Morgan fingerprint density at radius 3 is 2.27 bits per heavy atom. The molecule has 0 aliphatic heterocycles. The molecule has 2 atom stereocenters. The largest absolute Gasteiger partial charge is 0.508 e. The lowest BCUT2D eigenvalue weighted by molar-refractivity contribution is -0.141. The minimum atomic E-state index is -4.50. The highest BCUT2D eigenvalue weighted by Crippen LogP contribution is 2.37. The van der Waals surface area contributed by atoms with Crippen molar-refractivity contribution in [2.75, 3.05) is 0 Å². The first kappa shape index (κ1) is 29.9. The van der Waals surface area contributed by atoms with Crippen LogP contribution in [0.5, 0.6) is 5.75 Å². The molecular formula is C30H26BrF3N2O5. The summed E-state index contributed by atoms with van der Waals surface area (Å²) in [5.74, 6) is -2.73. The molecule has 4 aromatic rings. The molecule has 0 saturated carbocycles. The average Bonchev–Trinajstić information content (AvgIpc) is 3.33. The molecule has 1 amide bonds. The zero-order chi connectivity index (χ0) is 29.7. The van der Waals surface area contributed by atoms with Gasteiger partial charge in [-0.3, -0.25) is 9.59 Å². The molecule has 0 spiro atoms. The number of carbonyl (C=O) groups excluding carboxylic acids is 2. The normalized spacial score (nSPS) is 13.1. The molecule has 4 N–H and O–H groups in total. The van der Waals surface area contributed by atoms with Crippen molar-refractivity contribution >= 4 is 44.5 Å². The molecule has 0 radical (unpaired) electrons. The highest BCUT2D eigenvalue weighted by Gasteiger charge is 2.31. The van der Waals surface area contributed by atoms with Crippen LogP contribution < -0.4 is 5.32 Å². The molecule has 41 heavy (non-hydrogen) atoms. The Morgan fingerprint density at radius 2 is 1.63 bits per heavy atom. The van der Waals surface area contributed by atoms with Crippen molar-refractivity contribution < 1.29 is 37.8 Å². The summed E-state index contributed by atoms with van der Waals surface area (Å²) < 4.78 is 40.3. The fourth-order valence-corrected chi connectivity index (χ4v) is 4.99. The van der Waals surface area contributed by atoms with Crippen molar-refractivity contribution in [1.29, 1.82) is 0 Å². The van der Waals surface area contributed by atoms with Crippen LogP contribution in [0.25, 0.3) is 10.9 Å². The number of nitrogens with one attached hydrogen (secondary N) is 2. The summed E-state index contributed by atoms with van der Waals surface area (Å²) >= 11 is 3.43. The maximum Gasteiger partial charge on any atom is 0.416 e. The Morgan fingerprint density at radius 1 is 0.951 bits per heavy atom. The summed E-state index contributed by atoms with van der Waals surface area (Å²) in [4.78, 5) is 40.5. The first-order chi connectivity index (χ1) is 19.4. The van der Waals surface area contributed by atoms with Crippen LogP contribution in [-0.4, -0.2) is 38.9 Å². The Kier molecular flexibility index (Phi) is 9.17. The Balaban J connectivity index is 1.47. The number of rotatable bonds is 11. The third kappa shape index (κ3) is 7.75. The van der Waals surface area contributed by atoms with Crippen LogP contribution in [-0.2, 0) is 27.0 Å². The fraction of sp³-hybridized carbons (Fsp3) is 0.233. The molecule has 0 saturated heterocycles. The van der Waals surface area contributed by atoms with Gasteiger partial charge in [0.05, 0.1) is 5.56 Å². The van der Waals surface area contributed by atoms with Crippen molar-refractivity contribution in [3.8, 4) is 5.75 Å². The Labute approximate surface area is 241 Å². The smallest absolute Gasteiger partial charge is 0.416 e. The SMILES string of the molecule is O=C(CCC(=O)N[C@@H](Cc1ccc(O)cc1)C(=O)O)CC(c1ccc(C(F)(F)F)cc1)c1c[nH]c2ccc(Br)cc12. The molecular weight excluding hydrogens is 605 g/mol. The van der Waals surface area contributed by atoms with Crippen LogP contribution in [0.2, 0.25) is 0 Å². The molecule has 4 rings (SSSR count). The number of H-pyrrole nitrogens is 1. The molecule has 1 aromatic heterocycles. The number of benzene rings is 3. The number of ketones is 1. The van der Waals surface area contributed by atoms with Crippen LogP contribution in [0.15, 0.2) is 77.4 Å². The number of hydrogen-bond acceptors (Lipinski definition) is 4. The van der Waals surface area contributed by atoms with Gasteiger partial charge in [-0.05, 0) is 59.2 Å². The standard InChI is InChI=1S/C30H26BrF3N2O5/c31-20-7-11-26-24(14-20)25(16-35-26)23(18-3-5-19(6-4-18)30(32,33)34)15-22(38)10-12-28(39)36-27(29(40)41)13-17-1-8-21(37)9-2-17/h1-9,11,14,16,23,27,35,37H,10,12-13,15H2,(H,36,39)(H,40,41)/t23?,27-/m0/s1. The number of fused-ring (bicyclic) bond motifs is 1. The molecule has 11 heteroatoms. The summed E-state index contributed by atoms with van der Waals surface area (Å²) in [6.45, 7) is 0. The summed E-state index contributed by atoms with van der Waals surface area (Å²) in [5.41, 5.74) is 1.82. The number of phenolic OH excluding ortho intramolecular Hbond substituents is 1. The van der Waals surface area contributed by atoms with Crippen LogP contribution in [0.3, 0.4) is 0 Å². The van der Waals surface area contributed by atoms with E-state index in [0.29, 0.717) is 11.1 Å². The van der Waals surface area contributed by atoms with Crippen LogP contribution in [0, 0.1) is 0 Å². The number of carbonyl (C=O) groups is 3. The number of halogens is 4. The van der Waals surface area contributed by atoms with E-state index in [1.54, 1.807) is 18.3 Å². The third-order valence-electron chi connectivity index (χ3n) is 6.76. The van der Waals surface area contributed by atoms with Gasteiger partial charge in [-0.2, -0.15) is 13.2 Å². The fourth-order valence-electron chi connectivity index (χ4n) is 4.63. The summed E-state index contributed by atoms with van der Waals surface area (Å²) in [6.07, 6.45) is -3.30. The van der Waals surface area contributed by atoms with E-state index in [1.165, 1.54) is 24.3 Å². The van der Waals surface area contributed by atoms with Gasteiger partial charge in [0.25, 0.3) is 0 Å². The Hall–Kier alpha value is -4.12. The summed E-state index contributed by atoms with van der Waals surface area (Å²) in [7, 11) is 0. The van der Waals surface area contributed by atoms with Gasteiger partial charge < -0.3 is 20.5 Å². The number of amides is 1. The van der Waals surface area contributed by atoms with Crippen LogP contribution in [0.1, 0.15) is 47.4 Å². The number of alkyl halides is 3. The van der Waals surface area contributed by atoms with Crippen molar-refractivity contribution in [3.63, 3.8) is 0 Å². The monoisotopic (exact) mass is 630 g/mol. The molecule has 1 heterocycles. The maximum atomic E-state index is 13.2. The minimum Gasteiger partial charge on any atom is -0.508 e. The van der Waals surface area contributed by atoms with Gasteiger partial charge in [-0.25, -0.2) is 4.79 Å². The van der Waals surface area contributed by atoms with Gasteiger partial charge in [0.15, 0.2) is 0 Å². The quantitative estimate of drug-likeness (QED) is 0.154. The lowest BCUT2D eigenvalue weighted by Gasteiger charge is -2.18. The predicted molar refractivity (Wildman–Crippen MR) is 150 cm³/mol. The van der Waals surface area contributed by atoms with Crippen LogP contribution in [0.4, 0.5) is 13.2 Å². The molecule has 214 valence electrons. The number of hydrogen-bond donors (Lipinski definition) is 4. The predicted octanol–water partition coefficient (Wildman–Crippen LogP) is 6.34. The van der Waals surface area contributed by atoms with Crippen molar-refractivity contribution in [2.24, 2.45) is 0 Å². The van der Waals surface area contributed by atoms with E-state index in [-0.39, 0.29) is 37.2 Å². The number of aliphatic carboxylic acids is 1. The molecule has 1 unspecified atom stereocenters. The number of phenols is 1. The van der Waals surface area contributed by atoms with Crippen molar-refractivity contribution in [3.05, 3.63) is 99.7 Å². The van der Waals surface area contributed by atoms with E-state index >= 15 is 0 Å². The van der Waals surface area contributed by atoms with Gasteiger partial charge in [0.1, 0.15) is 17.6 Å². The maximum absolute atomic E-state index is 13.2. The lowest BCUT2D eigenvalue weighted by Crippen LogP contribution is -2.42. The molecule has 7 nitrogen and oxygen atoms in total. The number of carboxylic acid groups (broad SMARTS) is 1. The van der Waals surface area contributed by atoms with Gasteiger partial charge >= 0.3 is 12.1 Å². The van der Waals surface area contributed by atoms with Crippen LogP contribution >= 0.6 is 15.9 Å². The van der Waals surface area contributed by atoms with Gasteiger partial charge in [0, 0.05) is 53.2 Å². The highest BCUT2D eigenvalue weighted by molar-refractivity contribution is 9.10. The first-order valence-corrected chi connectivity index (χ1v) is 13.5. The van der Waals surface area contributed by atoms with E-state index < -0.39 is 35.6 Å². The second-order valence-electron chi connectivity index (χ2n) is 9.68. The average molecular weight is 631 g/mol. The van der Waals surface area contributed by atoms with Crippen molar-refractivity contribution in [2.45, 2.75) is 43.8 Å². The van der Waals surface area contributed by atoms with E-state index in [4.69, 9.17) is 0 Å². The zero-order valence-corrected chi connectivity index (χ0v) is 23.1. The molecule has 0 fully saturated rings. The summed E-state index contributed by atoms with van der Waals surface area (Å²) in [6, 6.07) is 14.9. The first-order valence-electron chi connectivity index (χ1n) is 12.7. The molecule has 0 aliphatic carbocycles. The number of carboxylic acids is 1. The van der Waals surface area contributed by atoms with E-state index in [9.17, 15) is 37.8 Å². The minimum absolute atomic E-state index is 0.0125. The number of Topliss-reactive ketones (excluding diaryl/α,β-unsaturated/α-hetero) is 1. The topological polar surface area (TPSA) is 119 Å². The van der Waals surface area contributed by atoms with Crippen molar-refractivity contribution in [1.82, 2.24) is 10.3 Å². The van der Waals surface area contributed by atoms with Gasteiger partial charge in [-0.15, -0.1) is 0 Å². The molecule has 0 bridgehead atoms. The van der Waals surface area contributed by atoms with E-state index in [2.05, 4.69) is 26.2 Å². The van der Waals surface area contributed by atoms with E-state index in [1.807, 2.05) is 18.2 Å². The zero-order valence-electron chi connectivity index (χ0n) is 21.5. The number of aromatic hydroxyl groups is 1. The Bertz CT molecular complexity index is 1550. The summed E-state index contributed by atoms with van der Waals surface area (Å²) in [5, 5.41) is 22.2. The number of aromatic amines is 1. The third-order valence-corrected chi connectivity index (χ3v) is 7.26.